The van der Waals surface area contributed by atoms with Gasteiger partial charge in [-0.1, -0.05) is 0 Å². The second kappa shape index (κ2) is 4.58. The van der Waals surface area contributed by atoms with E-state index < -0.39 is 18.7 Å². The van der Waals surface area contributed by atoms with Crippen LogP contribution in [0.5, 0.6) is 5.88 Å². The molecule has 0 unspecified atom stereocenters. The number of pyridine rings is 1. The Hall–Kier alpha value is -2.48. The Labute approximate surface area is 93.8 Å². The molecule has 0 saturated heterocycles. The van der Waals surface area contributed by atoms with E-state index >= 15 is 0 Å². The topological polar surface area (TPSA) is 95.7 Å². The number of ether oxygens (including phenoxy) is 1. The minimum absolute atomic E-state index is 0.168. The van der Waals surface area contributed by atoms with Gasteiger partial charge in [0.1, 0.15) is 5.82 Å². The second-order valence-corrected chi connectivity index (χ2v) is 2.87. The molecule has 0 aliphatic carbocycles. The van der Waals surface area contributed by atoms with Crippen LogP contribution < -0.4 is 10.5 Å². The number of alkyl halides is 3. The number of nitriles is 2. The average Bonchev–Trinajstić information content (AvgIpc) is 2.19. The lowest BCUT2D eigenvalue weighted by Crippen LogP contribution is -2.19. The van der Waals surface area contributed by atoms with Crippen LogP contribution in [0.1, 0.15) is 11.1 Å². The number of nitrogen functional groups attached to an aromatic ring is 1. The molecule has 8 heteroatoms. The van der Waals surface area contributed by atoms with Crippen molar-refractivity contribution in [3.05, 3.63) is 17.2 Å². The quantitative estimate of drug-likeness (QED) is 0.847. The van der Waals surface area contributed by atoms with E-state index in [-0.39, 0.29) is 16.9 Å². The first-order valence-electron chi connectivity index (χ1n) is 4.19. The van der Waals surface area contributed by atoms with Crippen LogP contribution in [0, 0.1) is 22.7 Å². The highest BCUT2D eigenvalue weighted by atomic mass is 19.4. The van der Waals surface area contributed by atoms with Gasteiger partial charge in [-0.2, -0.15) is 15.5 Å². The molecule has 0 fully saturated rings. The number of nitrogens with two attached hydrogens (primary N) is 1. The summed E-state index contributed by atoms with van der Waals surface area (Å²) in [5.41, 5.74) is 4.82. The summed E-state index contributed by atoms with van der Waals surface area (Å²) in [7, 11) is 0. The molecule has 1 aromatic heterocycles. The van der Waals surface area contributed by atoms with Crippen molar-refractivity contribution in [1.82, 2.24) is 4.98 Å². The third kappa shape index (κ3) is 3.24. The largest absolute Gasteiger partial charge is 0.574 e. The summed E-state index contributed by atoms with van der Waals surface area (Å²) in [6.45, 7) is 0. The van der Waals surface area contributed by atoms with Gasteiger partial charge in [-0.3, -0.25) is 0 Å². The van der Waals surface area contributed by atoms with Crippen molar-refractivity contribution in [1.29, 1.82) is 10.5 Å². The molecule has 0 aliphatic heterocycles. The minimum atomic E-state index is -4.96. The fraction of sp³-hybridized carbons (Fsp3) is 0.222. The number of hydrogen-bond donors (Lipinski definition) is 1. The van der Waals surface area contributed by atoms with Crippen LogP contribution in [0.3, 0.4) is 0 Å². The maximum absolute atomic E-state index is 12.1. The van der Waals surface area contributed by atoms with Crippen LogP contribution in [-0.4, -0.2) is 11.3 Å². The molecule has 0 atom stereocenters. The number of nitrogens with zero attached hydrogens (tertiary/aromatic N) is 3. The zero-order valence-electron chi connectivity index (χ0n) is 8.25. The molecule has 1 rings (SSSR count). The van der Waals surface area contributed by atoms with Crippen LogP contribution in [0.2, 0.25) is 0 Å². The number of hydrogen-bond acceptors (Lipinski definition) is 5. The summed E-state index contributed by atoms with van der Waals surface area (Å²) >= 11 is 0. The number of rotatable bonds is 2. The highest BCUT2D eigenvalue weighted by Crippen LogP contribution is 2.28. The third-order valence-corrected chi connectivity index (χ3v) is 1.69. The van der Waals surface area contributed by atoms with Crippen LogP contribution in [-0.2, 0) is 6.42 Å². The van der Waals surface area contributed by atoms with Gasteiger partial charge in [0.15, 0.2) is 0 Å². The van der Waals surface area contributed by atoms with E-state index in [1.54, 1.807) is 12.1 Å². The fourth-order valence-electron chi connectivity index (χ4n) is 1.11. The maximum atomic E-state index is 12.1. The average molecular weight is 242 g/mol. The Morgan fingerprint density at radius 3 is 2.53 bits per heavy atom. The van der Waals surface area contributed by atoms with Crippen LogP contribution in [0.4, 0.5) is 19.0 Å². The van der Waals surface area contributed by atoms with Crippen LogP contribution in [0.15, 0.2) is 6.07 Å². The summed E-state index contributed by atoms with van der Waals surface area (Å²) in [5.74, 6) is -1.15. The minimum Gasteiger partial charge on any atom is -0.387 e. The Morgan fingerprint density at radius 1 is 1.41 bits per heavy atom. The van der Waals surface area contributed by atoms with E-state index in [1.165, 1.54) is 0 Å². The molecule has 0 saturated carbocycles. The van der Waals surface area contributed by atoms with Gasteiger partial charge in [0, 0.05) is 5.56 Å². The van der Waals surface area contributed by atoms with Gasteiger partial charge >= 0.3 is 6.36 Å². The Bertz CT molecular complexity index is 513. The molecule has 88 valence electrons. The van der Waals surface area contributed by atoms with Gasteiger partial charge in [0.05, 0.1) is 24.1 Å². The normalized spacial score (nSPS) is 10.4. The molecular weight excluding hydrogens is 237 g/mol. The summed E-state index contributed by atoms with van der Waals surface area (Å²) in [4.78, 5) is 3.32. The number of anilines is 1. The molecule has 1 aromatic rings. The molecule has 0 aromatic carbocycles. The monoisotopic (exact) mass is 242 g/mol. The van der Waals surface area contributed by atoms with Gasteiger partial charge in [0.25, 0.3) is 0 Å². The van der Waals surface area contributed by atoms with E-state index in [0.29, 0.717) is 0 Å². The second-order valence-electron chi connectivity index (χ2n) is 2.87. The predicted octanol–water partition coefficient (Wildman–Crippen LogP) is 1.50. The molecule has 0 radical (unpaired) electrons. The summed E-state index contributed by atoms with van der Waals surface area (Å²) in [5, 5.41) is 17.2. The predicted molar refractivity (Wildman–Crippen MR) is 49.4 cm³/mol. The van der Waals surface area contributed by atoms with Crippen LogP contribution in [0.25, 0.3) is 0 Å². The van der Waals surface area contributed by atoms with Gasteiger partial charge in [-0.05, 0) is 6.07 Å². The van der Waals surface area contributed by atoms with Crippen molar-refractivity contribution < 1.29 is 17.9 Å². The summed E-state index contributed by atoms with van der Waals surface area (Å²) in [6.07, 6.45) is -5.39. The SMILES string of the molecule is N#CCc1c(C#N)cc(N)nc1OC(F)(F)F. The molecule has 0 spiro atoms. The first kappa shape index (κ1) is 12.6. The first-order chi connectivity index (χ1) is 7.87. The highest BCUT2D eigenvalue weighted by Gasteiger charge is 2.33. The molecule has 2 N–H and O–H groups in total. The zero-order valence-corrected chi connectivity index (χ0v) is 8.25. The van der Waals surface area contributed by atoms with E-state index in [1.807, 2.05) is 0 Å². The third-order valence-electron chi connectivity index (χ3n) is 1.69. The van der Waals surface area contributed by atoms with Crippen molar-refractivity contribution >= 4 is 5.82 Å². The van der Waals surface area contributed by atoms with Crippen LogP contribution >= 0.6 is 0 Å². The maximum Gasteiger partial charge on any atom is 0.574 e. The van der Waals surface area contributed by atoms with E-state index in [0.717, 1.165) is 6.07 Å². The standard InChI is InChI=1S/C9H5F3N4O/c10-9(11,12)17-8-6(1-2-13)5(4-14)3-7(15)16-8/h3H,1H2,(H2,15,16). The molecule has 0 aliphatic rings. The Balaban J connectivity index is 3.32. The van der Waals surface area contributed by atoms with Gasteiger partial charge in [-0.15, -0.1) is 13.2 Å². The van der Waals surface area contributed by atoms with Crippen molar-refractivity contribution in [3.8, 4) is 18.0 Å². The van der Waals surface area contributed by atoms with E-state index in [4.69, 9.17) is 16.3 Å². The Morgan fingerprint density at radius 2 is 2.06 bits per heavy atom. The molecule has 0 amide bonds. The molecule has 0 bridgehead atoms. The number of halogens is 3. The lowest BCUT2D eigenvalue weighted by Gasteiger charge is -2.12. The lowest BCUT2D eigenvalue weighted by molar-refractivity contribution is -0.276. The van der Waals surface area contributed by atoms with Gasteiger partial charge < -0.3 is 10.5 Å². The smallest absolute Gasteiger partial charge is 0.387 e. The van der Waals surface area contributed by atoms with Crippen molar-refractivity contribution in [3.63, 3.8) is 0 Å². The Kier molecular flexibility index (Phi) is 3.39. The summed E-state index contributed by atoms with van der Waals surface area (Å²) < 4.78 is 39.8. The van der Waals surface area contributed by atoms with E-state index in [2.05, 4.69) is 9.72 Å². The molecule has 17 heavy (non-hydrogen) atoms. The molecular formula is C9H5F3N4O. The lowest BCUT2D eigenvalue weighted by atomic mass is 10.1. The van der Waals surface area contributed by atoms with Crippen molar-refractivity contribution in [2.45, 2.75) is 12.8 Å². The highest BCUT2D eigenvalue weighted by molar-refractivity contribution is 5.51. The van der Waals surface area contributed by atoms with E-state index in [9.17, 15) is 13.2 Å². The van der Waals surface area contributed by atoms with Crippen molar-refractivity contribution in [2.24, 2.45) is 0 Å². The molecule has 5 nitrogen and oxygen atoms in total. The molecule has 1 heterocycles. The van der Waals surface area contributed by atoms with Gasteiger partial charge in [0.2, 0.25) is 5.88 Å². The first-order valence-corrected chi connectivity index (χ1v) is 4.19. The van der Waals surface area contributed by atoms with Crippen molar-refractivity contribution in [2.75, 3.05) is 5.73 Å². The number of aromatic nitrogens is 1. The summed E-state index contributed by atoms with van der Waals surface area (Å²) in [6, 6.07) is 4.33. The zero-order chi connectivity index (χ0) is 13.1. The fourth-order valence-corrected chi connectivity index (χ4v) is 1.11. The van der Waals surface area contributed by atoms with Gasteiger partial charge in [-0.25, -0.2) is 0 Å².